The lowest BCUT2D eigenvalue weighted by atomic mass is 9.85. The second kappa shape index (κ2) is 54.1. The van der Waals surface area contributed by atoms with Gasteiger partial charge in [-0.2, -0.15) is 13.2 Å². The molecule has 0 radical (unpaired) electrons. The fourth-order valence-corrected chi connectivity index (χ4v) is 8.27. The Morgan fingerprint density at radius 1 is 0.394 bits per heavy atom. The van der Waals surface area contributed by atoms with Gasteiger partial charge in [-0.25, -0.2) is 13.2 Å². The molecule has 0 saturated carbocycles. The molecule has 9 atom stereocenters. The van der Waals surface area contributed by atoms with Gasteiger partial charge < -0.3 is 30.6 Å². The van der Waals surface area contributed by atoms with E-state index in [4.69, 9.17) is 20.4 Å². The van der Waals surface area contributed by atoms with Crippen molar-refractivity contribution in [1.82, 2.24) is 0 Å². The van der Waals surface area contributed by atoms with Crippen molar-refractivity contribution in [3.63, 3.8) is 0 Å². The lowest BCUT2D eigenvalue weighted by molar-refractivity contribution is -0.224. The van der Waals surface area contributed by atoms with Crippen molar-refractivity contribution in [3.8, 4) is 0 Å². The summed E-state index contributed by atoms with van der Waals surface area (Å²) in [4.78, 5) is 0. The number of hydrogen-bond donors (Lipinski definition) is 6. The van der Waals surface area contributed by atoms with Gasteiger partial charge in [-0.05, 0) is 116 Å². The van der Waals surface area contributed by atoms with Gasteiger partial charge in [-0.15, -0.1) is 0 Å². The van der Waals surface area contributed by atoms with Crippen molar-refractivity contribution in [2.75, 3.05) is 33.2 Å². The first kappa shape index (κ1) is 81.6. The maximum atomic E-state index is 12.2. The van der Waals surface area contributed by atoms with E-state index in [9.17, 15) is 40.9 Å². The molecule has 0 aromatic heterocycles. The molecule has 0 amide bonds. The van der Waals surface area contributed by atoms with E-state index in [-0.39, 0.29) is 37.0 Å². The van der Waals surface area contributed by atoms with Crippen LogP contribution >= 0.6 is 0 Å². The Morgan fingerprint density at radius 2 is 0.718 bits per heavy atom. The molecule has 13 heteroatoms. The largest absolute Gasteiger partial charge is 0.414 e. The van der Waals surface area contributed by atoms with Gasteiger partial charge >= 0.3 is 6.18 Å². The van der Waals surface area contributed by atoms with E-state index in [2.05, 4.69) is 62.3 Å². The van der Waals surface area contributed by atoms with E-state index in [0.29, 0.717) is 62.1 Å². The Hall–Kier alpha value is -0.730. The predicted octanol–water partition coefficient (Wildman–Crippen LogP) is 16.9. The summed E-state index contributed by atoms with van der Waals surface area (Å²) in [5.74, 6) is 3.06. The third-order valence-corrected chi connectivity index (χ3v) is 13.9. The lowest BCUT2D eigenvalue weighted by Crippen LogP contribution is -2.38. The van der Waals surface area contributed by atoms with Gasteiger partial charge in [0.05, 0.1) is 12.8 Å². The van der Waals surface area contributed by atoms with Gasteiger partial charge in [0.2, 0.25) is 0 Å². The van der Waals surface area contributed by atoms with Gasteiger partial charge in [0, 0.05) is 19.8 Å². The number of rotatable bonds is 34. The number of hydrogen-bond acceptors (Lipinski definition) is 6. The van der Waals surface area contributed by atoms with E-state index in [0.717, 1.165) is 76.0 Å². The van der Waals surface area contributed by atoms with Crippen LogP contribution in [0, 0.1) is 71.0 Å². The highest BCUT2D eigenvalue weighted by Gasteiger charge is 2.44. The van der Waals surface area contributed by atoms with Crippen molar-refractivity contribution in [3.05, 3.63) is 0 Å². The average molecular weight is 1050 g/mol. The molecule has 0 heterocycles. The predicted molar refractivity (Wildman–Crippen MR) is 289 cm³/mol. The molecule has 6 N–H and O–H groups in total. The van der Waals surface area contributed by atoms with Crippen LogP contribution in [-0.2, 0) is 0 Å². The zero-order valence-corrected chi connectivity index (χ0v) is 49.0. The zero-order chi connectivity index (χ0) is 56.7. The minimum absolute atomic E-state index is 0.121. The quantitative estimate of drug-likeness (QED) is 0.0282. The average Bonchev–Trinajstić information content (AvgIpc) is 3.29. The molecular weight excluding hydrogens is 926 g/mol. The Morgan fingerprint density at radius 3 is 0.986 bits per heavy atom. The third kappa shape index (κ3) is 49.9. The lowest BCUT2D eigenvalue weighted by Gasteiger charge is -2.27. The number of halogens is 7. The zero-order valence-electron chi connectivity index (χ0n) is 49.0. The molecule has 0 bridgehead atoms. The first-order valence-electron chi connectivity index (χ1n) is 28.4. The second-order valence-corrected chi connectivity index (χ2v) is 22.0. The van der Waals surface area contributed by atoms with Crippen LogP contribution in [-0.4, -0.2) is 94.7 Å². The summed E-state index contributed by atoms with van der Waals surface area (Å²) in [5.41, 5.74) is 0. The molecule has 0 aliphatic carbocycles. The molecule has 0 aromatic rings. The molecule has 6 nitrogen and oxygen atoms in total. The van der Waals surface area contributed by atoms with Crippen LogP contribution < -0.4 is 0 Å². The Labute approximate surface area is 434 Å². The standard InChI is InChI=1S/C10H19F3O.C10H20F2O.C10H21FO.C10H22O.C9H19FO.C9H20O/c1-4-5-6-8(7(2)3)9(14)10(11,12)13;1-4-5-6-8(7(2)3)9(13)10(11)12;1-4-5-6-9(8(2)3)10(12)7-11;1-4-5-6-10(7-8-11)9(2)3;1-8(2)9(7-11)5-3-4-6-10;1-4-5-6-9(7-10)8(2)3/h7-9,14H,4-6H2,1-3H3;7-10,13H,4-6H2,1-3H3;8-10,12H,4-7H2,1-3H3;9-11H,4-8H2,1-3H3;8-9,11H,3-7H2,1-2H3;8-10H,4-7H2,1-3H3/t8?,9-;;;;;/m1...../s1. The number of aliphatic hydroxyl groups is 6. The van der Waals surface area contributed by atoms with Crippen LogP contribution in [0.2, 0.25) is 0 Å². The molecule has 8 unspecified atom stereocenters. The van der Waals surface area contributed by atoms with Gasteiger partial charge in [0.15, 0.2) is 6.10 Å². The normalized spacial score (nSPS) is 15.5. The minimum atomic E-state index is -4.48. The second-order valence-electron chi connectivity index (χ2n) is 22.0. The molecule has 0 fully saturated rings. The maximum Gasteiger partial charge on any atom is 0.414 e. The van der Waals surface area contributed by atoms with Gasteiger partial charge in [-0.3, -0.25) is 4.39 Å². The van der Waals surface area contributed by atoms with Crippen LogP contribution in [0.5, 0.6) is 0 Å². The van der Waals surface area contributed by atoms with Gasteiger partial charge in [0.25, 0.3) is 6.43 Å². The maximum absolute atomic E-state index is 12.2. The van der Waals surface area contributed by atoms with Gasteiger partial charge in [-0.1, -0.05) is 195 Å². The topological polar surface area (TPSA) is 121 Å². The summed E-state index contributed by atoms with van der Waals surface area (Å²) in [7, 11) is 0. The molecule has 0 aliphatic heterocycles. The number of aliphatic hydroxyl groups excluding tert-OH is 6. The molecule has 0 rings (SSSR count). The SMILES string of the molecule is CC(C)C(CO)CCCCF.CCCCC(C(C)C)C(O)C(F)F.CCCCC(C(C)C)C(O)CF.CCCCC(C(C)C)[C@@H](O)C(F)(F)F.CCCCC(CCO)C(C)C.CCCCC(CO)C(C)C. The van der Waals surface area contributed by atoms with Crippen molar-refractivity contribution >= 4 is 0 Å². The molecule has 438 valence electrons. The first-order valence-corrected chi connectivity index (χ1v) is 28.4. The van der Waals surface area contributed by atoms with Crippen molar-refractivity contribution in [2.24, 2.45) is 71.0 Å². The minimum Gasteiger partial charge on any atom is -0.396 e. The smallest absolute Gasteiger partial charge is 0.396 e. The molecule has 0 aliphatic rings. The van der Waals surface area contributed by atoms with Crippen LogP contribution in [0.1, 0.15) is 240 Å². The third-order valence-electron chi connectivity index (χ3n) is 13.9. The Kier molecular flexibility index (Phi) is 62.2. The summed E-state index contributed by atoms with van der Waals surface area (Å²) in [6.07, 6.45) is 7.32. The highest BCUT2D eigenvalue weighted by Crippen LogP contribution is 2.33. The number of unbranched alkanes of at least 4 members (excludes halogenated alkanes) is 6. The van der Waals surface area contributed by atoms with E-state index in [1.165, 1.54) is 38.5 Å². The Balaban J connectivity index is -0.000000179. The summed E-state index contributed by atoms with van der Waals surface area (Å²) in [6.45, 7) is 34.9. The van der Waals surface area contributed by atoms with E-state index in [1.807, 2.05) is 41.5 Å². The van der Waals surface area contributed by atoms with Gasteiger partial charge in [0.1, 0.15) is 12.8 Å². The summed E-state index contributed by atoms with van der Waals surface area (Å²) in [6, 6.07) is 0. The molecule has 0 spiro atoms. The van der Waals surface area contributed by atoms with Crippen molar-refractivity contribution < 1.29 is 61.4 Å². The highest BCUT2D eigenvalue weighted by atomic mass is 19.4. The molecule has 71 heavy (non-hydrogen) atoms. The monoisotopic (exact) mass is 1050 g/mol. The highest BCUT2D eigenvalue weighted by molar-refractivity contribution is 4.78. The fraction of sp³-hybridized carbons (Fsp3) is 1.00. The number of alkyl halides is 7. The van der Waals surface area contributed by atoms with Crippen LogP contribution in [0.25, 0.3) is 0 Å². The van der Waals surface area contributed by atoms with Crippen LogP contribution in [0.3, 0.4) is 0 Å². The van der Waals surface area contributed by atoms with Crippen LogP contribution in [0.4, 0.5) is 30.7 Å². The van der Waals surface area contributed by atoms with E-state index >= 15 is 0 Å². The molecule has 0 saturated heterocycles. The summed E-state index contributed by atoms with van der Waals surface area (Å²) in [5, 5.41) is 54.3. The van der Waals surface area contributed by atoms with E-state index < -0.39 is 43.5 Å². The summed E-state index contributed by atoms with van der Waals surface area (Å²) < 4.78 is 85.0. The van der Waals surface area contributed by atoms with Crippen molar-refractivity contribution in [1.29, 1.82) is 0 Å². The van der Waals surface area contributed by atoms with Crippen molar-refractivity contribution in [2.45, 2.75) is 271 Å². The molecule has 0 aromatic carbocycles. The Bertz CT molecular complexity index is 1020. The van der Waals surface area contributed by atoms with Crippen LogP contribution in [0.15, 0.2) is 0 Å². The fourth-order valence-electron chi connectivity index (χ4n) is 8.27. The summed E-state index contributed by atoms with van der Waals surface area (Å²) >= 11 is 0. The first-order chi connectivity index (χ1) is 33.1. The molecular formula is C58H121F7O6. The van der Waals surface area contributed by atoms with E-state index in [1.54, 1.807) is 13.8 Å².